The van der Waals surface area contributed by atoms with Gasteiger partial charge in [-0.1, -0.05) is 48.5 Å². The molecular formula is C23H25N3O3S. The van der Waals surface area contributed by atoms with E-state index in [0.29, 0.717) is 24.3 Å². The third-order valence-corrected chi connectivity index (χ3v) is 6.85. The number of amides is 2. The zero-order valence-electron chi connectivity index (χ0n) is 16.6. The fourth-order valence-electron chi connectivity index (χ4n) is 4.25. The number of nitrogens with two attached hydrogens (primary N) is 1. The van der Waals surface area contributed by atoms with Crippen molar-refractivity contribution in [2.24, 2.45) is 5.73 Å². The molecule has 2 saturated heterocycles. The summed E-state index contributed by atoms with van der Waals surface area (Å²) in [5.41, 5.74) is 7.92. The lowest BCUT2D eigenvalue weighted by Gasteiger charge is -2.26. The third kappa shape index (κ3) is 4.13. The Bertz CT molecular complexity index is 922. The van der Waals surface area contributed by atoms with E-state index in [-0.39, 0.29) is 30.2 Å². The Labute approximate surface area is 180 Å². The van der Waals surface area contributed by atoms with Gasteiger partial charge in [0, 0.05) is 23.6 Å². The van der Waals surface area contributed by atoms with E-state index in [4.69, 9.17) is 5.73 Å². The highest BCUT2D eigenvalue weighted by Crippen LogP contribution is 2.31. The summed E-state index contributed by atoms with van der Waals surface area (Å²) in [6, 6.07) is 17.5. The molecule has 2 N–H and O–H groups in total. The molecule has 2 aliphatic rings. The minimum Gasteiger partial charge on any atom is -0.329 e. The van der Waals surface area contributed by atoms with E-state index in [1.165, 1.54) is 5.56 Å². The average molecular weight is 424 g/mol. The number of hydrogen-bond donors (Lipinski definition) is 1. The maximum Gasteiger partial charge on any atom is 0.254 e. The van der Waals surface area contributed by atoms with Crippen LogP contribution < -0.4 is 5.73 Å². The highest BCUT2D eigenvalue weighted by molar-refractivity contribution is 7.98. The van der Waals surface area contributed by atoms with Gasteiger partial charge in [0.1, 0.15) is 6.04 Å². The van der Waals surface area contributed by atoms with Crippen molar-refractivity contribution >= 4 is 29.4 Å². The predicted molar refractivity (Wildman–Crippen MR) is 117 cm³/mol. The van der Waals surface area contributed by atoms with Crippen molar-refractivity contribution in [2.45, 2.75) is 30.3 Å². The monoisotopic (exact) mass is 423 g/mol. The van der Waals surface area contributed by atoms with E-state index in [1.54, 1.807) is 45.8 Å². The number of thioether (sulfide) groups is 1. The molecule has 3 atom stereocenters. The molecule has 30 heavy (non-hydrogen) atoms. The van der Waals surface area contributed by atoms with Gasteiger partial charge in [0.05, 0.1) is 18.6 Å². The van der Waals surface area contributed by atoms with Gasteiger partial charge in [-0.25, -0.2) is 0 Å². The maximum absolute atomic E-state index is 13.0. The molecule has 6 nitrogen and oxygen atoms in total. The molecule has 7 heteroatoms. The van der Waals surface area contributed by atoms with Gasteiger partial charge < -0.3 is 15.5 Å². The van der Waals surface area contributed by atoms with E-state index in [2.05, 4.69) is 0 Å². The van der Waals surface area contributed by atoms with Gasteiger partial charge in [-0.15, -0.1) is 0 Å². The van der Waals surface area contributed by atoms with Crippen LogP contribution in [0.1, 0.15) is 22.3 Å². The van der Waals surface area contributed by atoms with E-state index < -0.39 is 12.1 Å². The van der Waals surface area contributed by atoms with Crippen LogP contribution in [0.15, 0.2) is 60.7 Å². The molecule has 2 aromatic carbocycles. The standard InChI is InChI=1S/C23H25N3O3S/c24-18(15-30-14-16-7-3-1-4-8-16)23(29)25-12-11-19-21(25)20(27)13-26(19)22(28)17-9-5-2-6-10-17/h1-10,18-19,21H,11-15,24H2/t18-,19?,21?/m0/s1. The van der Waals surface area contributed by atoms with Crippen LogP contribution in [0.2, 0.25) is 0 Å². The molecule has 2 unspecified atom stereocenters. The second-order valence-electron chi connectivity index (χ2n) is 7.71. The number of rotatable bonds is 6. The van der Waals surface area contributed by atoms with Gasteiger partial charge in [0.15, 0.2) is 5.78 Å². The van der Waals surface area contributed by atoms with Crippen molar-refractivity contribution in [3.8, 4) is 0 Å². The number of nitrogens with zero attached hydrogens (tertiary/aromatic N) is 2. The molecule has 0 bridgehead atoms. The van der Waals surface area contributed by atoms with Crippen LogP contribution in [-0.2, 0) is 15.3 Å². The molecule has 2 aliphatic heterocycles. The number of benzene rings is 2. The van der Waals surface area contributed by atoms with Crippen LogP contribution in [-0.4, -0.2) is 64.4 Å². The first-order valence-corrected chi connectivity index (χ1v) is 11.3. The summed E-state index contributed by atoms with van der Waals surface area (Å²) < 4.78 is 0. The normalized spacial score (nSPS) is 21.6. The lowest BCUT2D eigenvalue weighted by atomic mass is 10.1. The molecule has 0 aliphatic carbocycles. The van der Waals surface area contributed by atoms with Crippen molar-refractivity contribution < 1.29 is 14.4 Å². The Kier molecular flexibility index (Phi) is 6.20. The number of carbonyl (C=O) groups excluding carboxylic acids is 3. The molecule has 4 rings (SSSR count). The molecule has 0 aromatic heterocycles. The number of hydrogen-bond acceptors (Lipinski definition) is 5. The van der Waals surface area contributed by atoms with Crippen molar-refractivity contribution in [3.05, 3.63) is 71.8 Å². The van der Waals surface area contributed by atoms with Crippen LogP contribution in [0, 0.1) is 0 Å². The first-order valence-electron chi connectivity index (χ1n) is 10.1. The SMILES string of the molecule is N[C@@H](CSCc1ccccc1)C(=O)N1CCC2C1C(=O)CN2C(=O)c1ccccc1. The summed E-state index contributed by atoms with van der Waals surface area (Å²) in [6.07, 6.45) is 0.602. The second-order valence-corrected chi connectivity index (χ2v) is 8.74. The van der Waals surface area contributed by atoms with Crippen LogP contribution in [0.5, 0.6) is 0 Å². The molecular weight excluding hydrogens is 398 g/mol. The molecule has 0 radical (unpaired) electrons. The van der Waals surface area contributed by atoms with Crippen molar-refractivity contribution in [1.82, 2.24) is 9.80 Å². The van der Waals surface area contributed by atoms with E-state index in [9.17, 15) is 14.4 Å². The summed E-state index contributed by atoms with van der Waals surface area (Å²) in [5.74, 6) is 0.826. The summed E-state index contributed by atoms with van der Waals surface area (Å²) in [5, 5.41) is 0. The van der Waals surface area contributed by atoms with Crippen LogP contribution in [0.3, 0.4) is 0 Å². The molecule has 2 aromatic rings. The molecule has 0 saturated carbocycles. The van der Waals surface area contributed by atoms with Gasteiger partial charge in [-0.05, 0) is 24.1 Å². The molecule has 2 fully saturated rings. The fraction of sp³-hybridized carbons (Fsp3) is 0.348. The quantitative estimate of drug-likeness (QED) is 0.768. The molecule has 156 valence electrons. The van der Waals surface area contributed by atoms with Crippen molar-refractivity contribution in [2.75, 3.05) is 18.8 Å². The molecule has 0 spiro atoms. The number of ketones is 1. The van der Waals surface area contributed by atoms with Crippen LogP contribution in [0.4, 0.5) is 0 Å². The predicted octanol–water partition coefficient (Wildman–Crippen LogP) is 1.94. The second kappa shape index (κ2) is 9.02. The Hall–Kier alpha value is -2.64. The zero-order valence-corrected chi connectivity index (χ0v) is 17.5. The van der Waals surface area contributed by atoms with Crippen molar-refractivity contribution in [1.29, 1.82) is 0 Å². The maximum atomic E-state index is 13.0. The fourth-order valence-corrected chi connectivity index (χ4v) is 5.19. The van der Waals surface area contributed by atoms with Gasteiger partial charge in [0.2, 0.25) is 5.91 Å². The van der Waals surface area contributed by atoms with Gasteiger partial charge in [-0.2, -0.15) is 11.8 Å². The van der Waals surface area contributed by atoms with Crippen molar-refractivity contribution in [3.63, 3.8) is 0 Å². The van der Waals surface area contributed by atoms with E-state index >= 15 is 0 Å². The Morgan fingerprint density at radius 1 is 1.03 bits per heavy atom. The smallest absolute Gasteiger partial charge is 0.254 e. The number of likely N-dealkylation sites (tertiary alicyclic amines) is 2. The van der Waals surface area contributed by atoms with E-state index in [0.717, 1.165) is 5.75 Å². The minimum absolute atomic E-state index is 0.0465. The largest absolute Gasteiger partial charge is 0.329 e. The van der Waals surface area contributed by atoms with Gasteiger partial charge in [-0.3, -0.25) is 14.4 Å². The first-order chi connectivity index (χ1) is 14.6. The molecule has 2 amide bonds. The first kappa shape index (κ1) is 20.6. The van der Waals surface area contributed by atoms with Crippen LogP contribution in [0.25, 0.3) is 0 Å². The topological polar surface area (TPSA) is 83.7 Å². The summed E-state index contributed by atoms with van der Waals surface area (Å²) in [4.78, 5) is 41.7. The van der Waals surface area contributed by atoms with Gasteiger partial charge in [0.25, 0.3) is 5.91 Å². The summed E-state index contributed by atoms with van der Waals surface area (Å²) in [7, 11) is 0. The number of carbonyl (C=O) groups is 3. The van der Waals surface area contributed by atoms with E-state index in [1.807, 2.05) is 36.4 Å². The lowest BCUT2D eigenvalue weighted by molar-refractivity contribution is -0.137. The Morgan fingerprint density at radius 2 is 1.70 bits per heavy atom. The summed E-state index contributed by atoms with van der Waals surface area (Å²) >= 11 is 1.61. The average Bonchev–Trinajstić information content (AvgIpc) is 3.35. The Balaban J connectivity index is 1.37. The minimum atomic E-state index is -0.663. The highest BCUT2D eigenvalue weighted by atomic mass is 32.2. The van der Waals surface area contributed by atoms with Crippen LogP contribution >= 0.6 is 11.8 Å². The third-order valence-electron chi connectivity index (χ3n) is 5.71. The number of fused-ring (bicyclic) bond motifs is 1. The molecule has 2 heterocycles. The summed E-state index contributed by atoms with van der Waals surface area (Å²) in [6.45, 7) is 0.500. The zero-order chi connectivity index (χ0) is 21.1. The Morgan fingerprint density at radius 3 is 2.40 bits per heavy atom. The highest BCUT2D eigenvalue weighted by Gasteiger charge is 2.51. The number of Topliss-reactive ketones (excluding diaryl/α,β-unsaturated/α-hetero) is 1. The lowest BCUT2D eigenvalue weighted by Crippen LogP contribution is -2.50. The van der Waals surface area contributed by atoms with Gasteiger partial charge >= 0.3 is 0 Å².